The summed E-state index contributed by atoms with van der Waals surface area (Å²) in [5, 5.41) is 8.65. The van der Waals surface area contributed by atoms with Gasteiger partial charge in [0.1, 0.15) is 0 Å². The molecule has 0 heterocycles. The van der Waals surface area contributed by atoms with Crippen LogP contribution in [-0.4, -0.2) is 51.2 Å². The lowest BCUT2D eigenvalue weighted by atomic mass is 10.2. The molecule has 2 amide bonds. The topological polar surface area (TPSA) is 79.5 Å². The van der Waals surface area contributed by atoms with Crippen LogP contribution >= 0.6 is 0 Å². The second-order valence-electron chi connectivity index (χ2n) is 4.77. The molecule has 0 saturated carbocycles. The van der Waals surface area contributed by atoms with Crippen molar-refractivity contribution in [2.24, 2.45) is 0 Å². The Bertz CT molecular complexity index is 272. The average molecular weight is 287 g/mol. The number of carbonyl (C=O) groups is 2. The van der Waals surface area contributed by atoms with E-state index in [1.807, 2.05) is 0 Å². The van der Waals surface area contributed by atoms with Crippen molar-refractivity contribution < 1.29 is 14.3 Å². The van der Waals surface area contributed by atoms with E-state index in [2.05, 4.69) is 22.9 Å². The van der Waals surface area contributed by atoms with Crippen molar-refractivity contribution >= 4 is 11.8 Å². The standard InChI is InChI=1S/C14H29N3O3/c1-4-5-6-8-17-14(19)12(2)15-9-7-13(18)16-10-11-20-3/h12,15H,4-11H2,1-3H3,(H,16,18)(H,17,19). The molecule has 0 rings (SSSR count). The molecule has 0 aliphatic carbocycles. The van der Waals surface area contributed by atoms with E-state index >= 15 is 0 Å². The number of ether oxygens (including phenoxy) is 1. The van der Waals surface area contributed by atoms with E-state index in [-0.39, 0.29) is 17.9 Å². The highest BCUT2D eigenvalue weighted by atomic mass is 16.5. The first-order valence-electron chi connectivity index (χ1n) is 7.38. The minimum Gasteiger partial charge on any atom is -0.383 e. The third kappa shape index (κ3) is 10.8. The molecule has 0 aliphatic heterocycles. The summed E-state index contributed by atoms with van der Waals surface area (Å²) in [4.78, 5) is 23.1. The van der Waals surface area contributed by atoms with Crippen molar-refractivity contribution in [3.8, 4) is 0 Å². The molecule has 20 heavy (non-hydrogen) atoms. The van der Waals surface area contributed by atoms with Gasteiger partial charge in [0.05, 0.1) is 12.6 Å². The third-order valence-electron chi connectivity index (χ3n) is 2.90. The van der Waals surface area contributed by atoms with Crippen molar-refractivity contribution in [2.45, 2.75) is 45.6 Å². The Balaban J connectivity index is 3.57. The van der Waals surface area contributed by atoms with Crippen LogP contribution in [0.5, 0.6) is 0 Å². The van der Waals surface area contributed by atoms with Crippen molar-refractivity contribution in [1.82, 2.24) is 16.0 Å². The van der Waals surface area contributed by atoms with Crippen LogP contribution < -0.4 is 16.0 Å². The molecular formula is C14H29N3O3. The third-order valence-corrected chi connectivity index (χ3v) is 2.90. The Morgan fingerprint density at radius 2 is 1.85 bits per heavy atom. The molecule has 118 valence electrons. The number of carbonyl (C=O) groups excluding carboxylic acids is 2. The van der Waals surface area contributed by atoms with Gasteiger partial charge in [0, 0.05) is 33.2 Å². The smallest absolute Gasteiger partial charge is 0.236 e. The molecule has 6 nitrogen and oxygen atoms in total. The summed E-state index contributed by atoms with van der Waals surface area (Å²) < 4.78 is 4.84. The number of nitrogens with one attached hydrogen (secondary N) is 3. The SMILES string of the molecule is CCCCCNC(=O)C(C)NCCC(=O)NCCOC. The maximum atomic E-state index is 11.7. The van der Waals surface area contributed by atoms with E-state index in [1.54, 1.807) is 14.0 Å². The molecule has 0 aromatic heterocycles. The molecule has 3 N–H and O–H groups in total. The van der Waals surface area contributed by atoms with Crippen molar-refractivity contribution in [3.63, 3.8) is 0 Å². The van der Waals surface area contributed by atoms with Gasteiger partial charge in [0.2, 0.25) is 11.8 Å². The van der Waals surface area contributed by atoms with Crippen molar-refractivity contribution in [3.05, 3.63) is 0 Å². The van der Waals surface area contributed by atoms with E-state index in [1.165, 1.54) is 0 Å². The summed E-state index contributed by atoms with van der Waals surface area (Å²) in [5.41, 5.74) is 0. The number of rotatable bonds is 12. The van der Waals surface area contributed by atoms with Gasteiger partial charge in [-0.15, -0.1) is 0 Å². The highest BCUT2D eigenvalue weighted by Gasteiger charge is 2.11. The van der Waals surface area contributed by atoms with Crippen molar-refractivity contribution in [2.75, 3.05) is 33.4 Å². The normalized spacial score (nSPS) is 11.9. The molecule has 0 aromatic rings. The van der Waals surface area contributed by atoms with Gasteiger partial charge in [-0.2, -0.15) is 0 Å². The summed E-state index contributed by atoms with van der Waals surface area (Å²) in [6, 6.07) is -0.275. The first-order chi connectivity index (χ1) is 9.61. The quantitative estimate of drug-likeness (QED) is 0.455. The first-order valence-corrected chi connectivity index (χ1v) is 7.38. The van der Waals surface area contributed by atoms with Crippen LogP contribution in [0.3, 0.4) is 0 Å². The van der Waals surface area contributed by atoms with Crippen LogP contribution in [0, 0.1) is 0 Å². The molecule has 1 atom stereocenters. The van der Waals surface area contributed by atoms with Crippen LogP contribution in [0.15, 0.2) is 0 Å². The van der Waals surface area contributed by atoms with Crippen LogP contribution in [0.25, 0.3) is 0 Å². The second kappa shape index (κ2) is 12.9. The molecule has 0 fully saturated rings. The van der Waals surface area contributed by atoms with Crippen molar-refractivity contribution in [1.29, 1.82) is 0 Å². The predicted octanol–water partition coefficient (Wildman–Crippen LogP) is 0.424. The lowest BCUT2D eigenvalue weighted by molar-refractivity contribution is -0.124. The summed E-state index contributed by atoms with van der Waals surface area (Å²) in [6.07, 6.45) is 3.64. The van der Waals surface area contributed by atoms with Gasteiger partial charge in [0.15, 0.2) is 0 Å². The fourth-order valence-corrected chi connectivity index (χ4v) is 1.62. The fraction of sp³-hybridized carbons (Fsp3) is 0.857. The maximum absolute atomic E-state index is 11.7. The zero-order valence-corrected chi connectivity index (χ0v) is 13.0. The number of amides is 2. The largest absolute Gasteiger partial charge is 0.383 e. The summed E-state index contributed by atoms with van der Waals surface area (Å²) in [7, 11) is 1.59. The minimum absolute atomic E-state index is 0.0131. The minimum atomic E-state index is -0.275. The van der Waals surface area contributed by atoms with Gasteiger partial charge in [-0.1, -0.05) is 19.8 Å². The maximum Gasteiger partial charge on any atom is 0.236 e. The predicted molar refractivity (Wildman–Crippen MR) is 79.5 cm³/mol. The fourth-order valence-electron chi connectivity index (χ4n) is 1.62. The van der Waals surface area contributed by atoms with E-state index in [9.17, 15) is 9.59 Å². The highest BCUT2D eigenvalue weighted by molar-refractivity contribution is 5.81. The lowest BCUT2D eigenvalue weighted by Gasteiger charge is -2.14. The van der Waals surface area contributed by atoms with Gasteiger partial charge in [-0.05, 0) is 13.3 Å². The average Bonchev–Trinajstić information content (AvgIpc) is 2.43. The molecule has 0 saturated heterocycles. The number of methoxy groups -OCH3 is 1. The monoisotopic (exact) mass is 287 g/mol. The molecule has 0 aromatic carbocycles. The lowest BCUT2D eigenvalue weighted by Crippen LogP contribution is -2.43. The molecule has 0 radical (unpaired) electrons. The highest BCUT2D eigenvalue weighted by Crippen LogP contribution is 1.92. The molecular weight excluding hydrogens is 258 g/mol. The second-order valence-corrected chi connectivity index (χ2v) is 4.77. The molecule has 6 heteroatoms. The Kier molecular flexibility index (Phi) is 12.1. The zero-order valence-electron chi connectivity index (χ0n) is 13.0. The molecule has 0 spiro atoms. The van der Waals surface area contributed by atoms with Crippen LogP contribution in [0.2, 0.25) is 0 Å². The van der Waals surface area contributed by atoms with E-state index < -0.39 is 0 Å². The van der Waals surface area contributed by atoms with Crippen LogP contribution in [0.4, 0.5) is 0 Å². The van der Waals surface area contributed by atoms with E-state index in [4.69, 9.17) is 4.74 Å². The summed E-state index contributed by atoms with van der Waals surface area (Å²) >= 11 is 0. The molecule has 0 bridgehead atoms. The summed E-state index contributed by atoms with van der Waals surface area (Å²) in [6.45, 7) is 6.17. The Labute approximate surface area is 122 Å². The number of hydrogen-bond donors (Lipinski definition) is 3. The molecule has 1 unspecified atom stereocenters. The van der Waals surface area contributed by atoms with Crippen LogP contribution in [-0.2, 0) is 14.3 Å². The number of unbranched alkanes of at least 4 members (excludes halogenated alkanes) is 2. The Morgan fingerprint density at radius 3 is 2.50 bits per heavy atom. The van der Waals surface area contributed by atoms with Gasteiger partial charge in [-0.25, -0.2) is 0 Å². The van der Waals surface area contributed by atoms with E-state index in [0.717, 1.165) is 25.8 Å². The number of hydrogen-bond acceptors (Lipinski definition) is 4. The van der Waals surface area contributed by atoms with Gasteiger partial charge in [0.25, 0.3) is 0 Å². The Morgan fingerprint density at radius 1 is 1.10 bits per heavy atom. The first kappa shape index (κ1) is 18.9. The van der Waals surface area contributed by atoms with Gasteiger partial charge >= 0.3 is 0 Å². The molecule has 0 aliphatic rings. The van der Waals surface area contributed by atoms with Gasteiger partial charge in [-0.3, -0.25) is 9.59 Å². The van der Waals surface area contributed by atoms with Crippen LogP contribution in [0.1, 0.15) is 39.5 Å². The zero-order chi connectivity index (χ0) is 15.2. The van der Waals surface area contributed by atoms with Gasteiger partial charge < -0.3 is 20.7 Å². The summed E-state index contributed by atoms with van der Waals surface area (Å²) in [5.74, 6) is -0.0500. The van der Waals surface area contributed by atoms with E-state index in [0.29, 0.717) is 26.1 Å². The Hall–Kier alpha value is -1.14.